The van der Waals surface area contributed by atoms with E-state index in [4.69, 9.17) is 4.74 Å². The van der Waals surface area contributed by atoms with Gasteiger partial charge in [-0.05, 0) is 18.2 Å². The second-order valence-corrected chi connectivity index (χ2v) is 7.89. The van der Waals surface area contributed by atoms with Gasteiger partial charge < -0.3 is 19.7 Å². The van der Waals surface area contributed by atoms with Crippen molar-refractivity contribution in [2.75, 3.05) is 42.9 Å². The average molecular weight is 468 g/mol. The third-order valence-corrected chi connectivity index (χ3v) is 5.66. The first-order valence-electron chi connectivity index (χ1n) is 8.71. The van der Waals surface area contributed by atoms with Gasteiger partial charge in [0.05, 0.1) is 23.4 Å². The molecule has 1 saturated heterocycles. The van der Waals surface area contributed by atoms with Gasteiger partial charge in [-0.15, -0.1) is 12.4 Å². The van der Waals surface area contributed by atoms with Crippen molar-refractivity contribution in [2.24, 2.45) is 0 Å². The highest BCUT2D eigenvalue weighted by molar-refractivity contribution is 7.92. The van der Waals surface area contributed by atoms with Gasteiger partial charge in [-0.2, -0.15) is 8.78 Å². The van der Waals surface area contributed by atoms with Gasteiger partial charge in [0, 0.05) is 38.3 Å². The van der Waals surface area contributed by atoms with Crippen LogP contribution in [0.1, 0.15) is 0 Å². The Bertz CT molecular complexity index is 973. The molecule has 1 aliphatic rings. The Morgan fingerprint density at radius 3 is 2.50 bits per heavy atom. The fourth-order valence-corrected chi connectivity index (χ4v) is 4.09. The summed E-state index contributed by atoms with van der Waals surface area (Å²) in [5, 5.41) is 3.18. The molecule has 30 heavy (non-hydrogen) atoms. The van der Waals surface area contributed by atoms with Gasteiger partial charge >= 0.3 is 6.61 Å². The number of halogens is 4. The fraction of sp³-hybridized carbons (Fsp3) is 0.333. The Labute approximate surface area is 178 Å². The first kappa shape index (κ1) is 23.9. The second kappa shape index (κ2) is 10.1. The average Bonchev–Trinajstić information content (AvgIpc) is 2.67. The lowest BCUT2D eigenvalue weighted by atomic mass is 10.2. The number of rotatable bonds is 7. The zero-order chi connectivity index (χ0) is 21.0. The molecule has 0 bridgehead atoms. The molecule has 3 rings (SSSR count). The number of sulfonamides is 1. The first-order valence-corrected chi connectivity index (χ1v) is 10.2. The van der Waals surface area contributed by atoms with Crippen molar-refractivity contribution in [3.8, 4) is 11.5 Å². The minimum atomic E-state index is -4.17. The number of benzene rings is 2. The summed E-state index contributed by atoms with van der Waals surface area (Å²) in [4.78, 5) is 1.59. The van der Waals surface area contributed by atoms with Crippen LogP contribution in [0.3, 0.4) is 0 Å². The Morgan fingerprint density at radius 2 is 1.87 bits per heavy atom. The standard InChI is InChI=1S/C18H20F3N3O4S.ClH/c1-27-17-15(19)9-12(10-16(17)24-7-5-22-6-8-24)23-29(25,26)14-4-2-3-13(11-14)28-18(20)21;/h2-4,9-11,18,22-23H,5-8H2,1H3;1H. The molecule has 2 aromatic carbocycles. The van der Waals surface area contributed by atoms with E-state index in [0.717, 1.165) is 12.1 Å². The number of anilines is 2. The van der Waals surface area contributed by atoms with Crippen LogP contribution < -0.4 is 24.4 Å². The van der Waals surface area contributed by atoms with E-state index < -0.39 is 22.5 Å². The Hall–Kier alpha value is -2.37. The molecular weight excluding hydrogens is 447 g/mol. The third kappa shape index (κ3) is 5.61. The normalized spacial score (nSPS) is 14.2. The first-order chi connectivity index (χ1) is 13.8. The van der Waals surface area contributed by atoms with Crippen LogP contribution >= 0.6 is 12.4 Å². The van der Waals surface area contributed by atoms with E-state index in [1.165, 1.54) is 31.4 Å². The van der Waals surface area contributed by atoms with Crippen LogP contribution in [0, 0.1) is 5.82 Å². The lowest BCUT2D eigenvalue weighted by Gasteiger charge is -2.31. The zero-order valence-corrected chi connectivity index (χ0v) is 17.5. The minimum absolute atomic E-state index is 0. The van der Waals surface area contributed by atoms with Crippen molar-refractivity contribution in [3.05, 3.63) is 42.2 Å². The molecule has 0 atom stereocenters. The summed E-state index contributed by atoms with van der Waals surface area (Å²) in [6, 6.07) is 7.14. The number of methoxy groups -OCH3 is 1. The Balaban J connectivity index is 0.00000320. The molecular formula is C18H21ClF3N3O4S. The molecule has 2 aromatic rings. The van der Waals surface area contributed by atoms with Gasteiger partial charge in [0.25, 0.3) is 10.0 Å². The van der Waals surface area contributed by atoms with Gasteiger partial charge in [-0.25, -0.2) is 12.8 Å². The molecule has 0 radical (unpaired) electrons. The number of ether oxygens (including phenoxy) is 2. The highest BCUT2D eigenvalue weighted by Crippen LogP contribution is 2.35. The van der Waals surface area contributed by atoms with Crippen LogP contribution in [0.2, 0.25) is 0 Å². The Morgan fingerprint density at radius 1 is 1.17 bits per heavy atom. The number of nitrogens with zero attached hydrogens (tertiary/aromatic N) is 1. The van der Waals surface area contributed by atoms with E-state index in [-0.39, 0.29) is 34.5 Å². The van der Waals surface area contributed by atoms with Crippen LogP contribution in [0.4, 0.5) is 24.5 Å². The second-order valence-electron chi connectivity index (χ2n) is 6.21. The van der Waals surface area contributed by atoms with Gasteiger partial charge in [-0.3, -0.25) is 4.72 Å². The molecule has 2 N–H and O–H groups in total. The maximum atomic E-state index is 14.5. The monoisotopic (exact) mass is 467 g/mol. The smallest absolute Gasteiger partial charge is 0.387 e. The van der Waals surface area contributed by atoms with Crippen LogP contribution in [0.15, 0.2) is 41.3 Å². The predicted octanol–water partition coefficient (Wildman–Crippen LogP) is 3.07. The summed E-state index contributed by atoms with van der Waals surface area (Å²) in [5.41, 5.74) is 0.401. The van der Waals surface area contributed by atoms with Gasteiger partial charge in [0.2, 0.25) is 0 Å². The van der Waals surface area contributed by atoms with E-state index in [1.807, 2.05) is 4.90 Å². The number of nitrogens with one attached hydrogen (secondary N) is 2. The summed E-state index contributed by atoms with van der Waals surface area (Å²) in [7, 11) is -2.83. The number of hydrogen-bond acceptors (Lipinski definition) is 6. The quantitative estimate of drug-likeness (QED) is 0.651. The fourth-order valence-electron chi connectivity index (χ4n) is 3.01. The largest absolute Gasteiger partial charge is 0.492 e. The maximum absolute atomic E-state index is 14.5. The summed E-state index contributed by atoms with van der Waals surface area (Å²) >= 11 is 0. The van der Waals surface area contributed by atoms with Crippen molar-refractivity contribution < 1.29 is 31.1 Å². The van der Waals surface area contributed by atoms with E-state index in [9.17, 15) is 21.6 Å². The van der Waals surface area contributed by atoms with Gasteiger partial charge in [0.1, 0.15) is 5.75 Å². The summed E-state index contributed by atoms with van der Waals surface area (Å²) in [6.45, 7) is -0.508. The Kier molecular flexibility index (Phi) is 8.04. The zero-order valence-electron chi connectivity index (χ0n) is 15.9. The molecule has 0 aromatic heterocycles. The SMILES string of the molecule is COc1c(F)cc(NS(=O)(=O)c2cccc(OC(F)F)c2)cc1N1CCNCC1.Cl. The lowest BCUT2D eigenvalue weighted by molar-refractivity contribution is -0.0499. The van der Waals surface area contributed by atoms with Gasteiger partial charge in [0.15, 0.2) is 11.6 Å². The molecule has 1 aliphatic heterocycles. The van der Waals surface area contributed by atoms with E-state index in [0.29, 0.717) is 31.9 Å². The number of hydrogen-bond donors (Lipinski definition) is 2. The van der Waals surface area contributed by atoms with Gasteiger partial charge in [-0.1, -0.05) is 6.07 Å². The van der Waals surface area contributed by atoms with Crippen molar-refractivity contribution in [3.63, 3.8) is 0 Å². The summed E-state index contributed by atoms with van der Waals surface area (Å²) in [5.74, 6) is -1.01. The van der Waals surface area contributed by atoms with Crippen LogP contribution in [-0.2, 0) is 10.0 Å². The van der Waals surface area contributed by atoms with E-state index >= 15 is 0 Å². The molecule has 166 valence electrons. The molecule has 1 fully saturated rings. The van der Waals surface area contributed by atoms with Crippen LogP contribution in [-0.4, -0.2) is 48.3 Å². The molecule has 7 nitrogen and oxygen atoms in total. The third-order valence-electron chi connectivity index (χ3n) is 4.28. The molecule has 0 aliphatic carbocycles. The predicted molar refractivity (Wildman–Crippen MR) is 109 cm³/mol. The highest BCUT2D eigenvalue weighted by atomic mass is 35.5. The molecule has 0 amide bonds. The van der Waals surface area contributed by atoms with E-state index in [2.05, 4.69) is 14.8 Å². The number of piperazine rings is 1. The number of alkyl halides is 2. The van der Waals surface area contributed by atoms with Crippen molar-refractivity contribution in [1.82, 2.24) is 5.32 Å². The molecule has 0 spiro atoms. The maximum Gasteiger partial charge on any atom is 0.387 e. The molecule has 0 saturated carbocycles. The highest BCUT2D eigenvalue weighted by Gasteiger charge is 2.22. The van der Waals surface area contributed by atoms with Crippen LogP contribution in [0.5, 0.6) is 11.5 Å². The molecule has 12 heteroatoms. The summed E-state index contributed by atoms with van der Waals surface area (Å²) in [6.07, 6.45) is 0. The molecule has 0 unspecified atom stereocenters. The topological polar surface area (TPSA) is 79.9 Å². The van der Waals surface area contributed by atoms with E-state index in [1.54, 1.807) is 0 Å². The van der Waals surface area contributed by atoms with Crippen molar-refractivity contribution in [2.45, 2.75) is 11.5 Å². The van der Waals surface area contributed by atoms with Crippen LogP contribution in [0.25, 0.3) is 0 Å². The summed E-state index contributed by atoms with van der Waals surface area (Å²) < 4.78 is 76.3. The van der Waals surface area contributed by atoms with Crippen molar-refractivity contribution in [1.29, 1.82) is 0 Å². The molecule has 1 heterocycles. The van der Waals surface area contributed by atoms with Crippen molar-refractivity contribution >= 4 is 33.8 Å². The lowest BCUT2D eigenvalue weighted by Crippen LogP contribution is -2.43. The minimum Gasteiger partial charge on any atom is -0.492 e.